The third kappa shape index (κ3) is 3.88. The summed E-state index contributed by atoms with van der Waals surface area (Å²) in [4.78, 5) is 14.8. The van der Waals surface area contributed by atoms with Crippen molar-refractivity contribution in [2.45, 2.75) is 6.42 Å². The molecule has 0 radical (unpaired) electrons. The van der Waals surface area contributed by atoms with E-state index in [9.17, 15) is 4.79 Å². The van der Waals surface area contributed by atoms with Crippen molar-refractivity contribution in [2.24, 2.45) is 0 Å². The second kappa shape index (κ2) is 6.81. The van der Waals surface area contributed by atoms with Crippen LogP contribution in [-0.4, -0.2) is 15.2 Å². The van der Waals surface area contributed by atoms with Gasteiger partial charge in [0.25, 0.3) is 5.56 Å². The number of rotatable bonds is 4. The van der Waals surface area contributed by atoms with Gasteiger partial charge in [-0.1, -0.05) is 53.5 Å². The number of halogens is 2. The molecule has 0 spiro atoms. The minimum atomic E-state index is -0.295. The monoisotopic (exact) mass is 346 g/mol. The van der Waals surface area contributed by atoms with Crippen LogP contribution < -0.4 is 10.9 Å². The second-order valence-electron chi connectivity index (χ2n) is 4.86. The van der Waals surface area contributed by atoms with Gasteiger partial charge in [-0.3, -0.25) is 9.78 Å². The third-order valence-corrected chi connectivity index (χ3v) is 3.71. The number of nitrogens with one attached hydrogen (secondary N) is 2. The van der Waals surface area contributed by atoms with E-state index in [2.05, 4.69) is 20.5 Å². The standard InChI is InChI=1S/C16H12Cl2N4O/c17-11-6-7-13(12(18)9-11)19-16-20-15(23)14(21-22-16)8-10-4-2-1-3-5-10/h1-7,9H,8H2,(H2,19,20,22,23). The number of nitrogens with zero attached hydrogens (tertiary/aromatic N) is 2. The van der Waals surface area contributed by atoms with Crippen molar-refractivity contribution in [3.63, 3.8) is 0 Å². The second-order valence-corrected chi connectivity index (χ2v) is 5.70. The van der Waals surface area contributed by atoms with Crippen molar-refractivity contribution < 1.29 is 0 Å². The van der Waals surface area contributed by atoms with E-state index in [4.69, 9.17) is 23.2 Å². The molecule has 116 valence electrons. The Hall–Kier alpha value is -2.37. The largest absolute Gasteiger partial charge is 0.323 e. The van der Waals surface area contributed by atoms with E-state index in [0.717, 1.165) is 5.56 Å². The Balaban J connectivity index is 1.80. The molecule has 23 heavy (non-hydrogen) atoms. The molecule has 0 aliphatic carbocycles. The van der Waals surface area contributed by atoms with Crippen LogP contribution in [0.4, 0.5) is 11.6 Å². The van der Waals surface area contributed by atoms with Gasteiger partial charge in [-0.25, -0.2) is 0 Å². The van der Waals surface area contributed by atoms with Crippen LogP contribution in [-0.2, 0) is 6.42 Å². The van der Waals surface area contributed by atoms with Crippen LogP contribution in [0.3, 0.4) is 0 Å². The molecule has 0 bridgehead atoms. The number of H-pyrrole nitrogens is 1. The van der Waals surface area contributed by atoms with Gasteiger partial charge < -0.3 is 5.32 Å². The molecule has 0 atom stereocenters. The fourth-order valence-electron chi connectivity index (χ4n) is 2.04. The Morgan fingerprint density at radius 3 is 2.52 bits per heavy atom. The summed E-state index contributed by atoms with van der Waals surface area (Å²) >= 11 is 11.9. The Kier molecular flexibility index (Phi) is 4.60. The van der Waals surface area contributed by atoms with Gasteiger partial charge in [-0.2, -0.15) is 0 Å². The van der Waals surface area contributed by atoms with Crippen LogP contribution in [0.15, 0.2) is 53.3 Å². The van der Waals surface area contributed by atoms with E-state index in [1.54, 1.807) is 18.2 Å². The third-order valence-electron chi connectivity index (χ3n) is 3.16. The highest BCUT2D eigenvalue weighted by Crippen LogP contribution is 2.26. The highest BCUT2D eigenvalue weighted by atomic mass is 35.5. The summed E-state index contributed by atoms with van der Waals surface area (Å²) in [7, 11) is 0. The van der Waals surface area contributed by atoms with Crippen molar-refractivity contribution in [1.29, 1.82) is 0 Å². The predicted octanol–water partition coefficient (Wildman–Crippen LogP) is 3.81. The molecule has 0 fully saturated rings. The summed E-state index contributed by atoms with van der Waals surface area (Å²) in [6.07, 6.45) is 0.422. The van der Waals surface area contributed by atoms with Crippen LogP contribution in [0.25, 0.3) is 0 Å². The van der Waals surface area contributed by atoms with E-state index < -0.39 is 0 Å². The van der Waals surface area contributed by atoms with Gasteiger partial charge in [0.15, 0.2) is 0 Å². The molecule has 0 aliphatic rings. The van der Waals surface area contributed by atoms with Crippen molar-refractivity contribution in [3.8, 4) is 0 Å². The smallest absolute Gasteiger partial charge is 0.274 e. The molecule has 1 aromatic heterocycles. The van der Waals surface area contributed by atoms with Crippen molar-refractivity contribution in [2.75, 3.05) is 5.32 Å². The maximum Gasteiger partial charge on any atom is 0.274 e. The van der Waals surface area contributed by atoms with Gasteiger partial charge in [0.2, 0.25) is 5.95 Å². The van der Waals surface area contributed by atoms with Gasteiger partial charge in [0.05, 0.1) is 10.7 Å². The van der Waals surface area contributed by atoms with Crippen LogP contribution in [0.1, 0.15) is 11.3 Å². The van der Waals surface area contributed by atoms with Crippen LogP contribution in [0.2, 0.25) is 10.0 Å². The molecule has 1 heterocycles. The minimum Gasteiger partial charge on any atom is -0.323 e. The van der Waals surface area contributed by atoms with Gasteiger partial charge in [0.1, 0.15) is 5.69 Å². The Bertz CT molecular complexity index is 881. The summed E-state index contributed by atoms with van der Waals surface area (Å²) in [6.45, 7) is 0. The zero-order chi connectivity index (χ0) is 16.2. The molecule has 2 N–H and O–H groups in total. The molecule has 5 nitrogen and oxygen atoms in total. The Labute approximate surface area is 142 Å². The van der Waals surface area contributed by atoms with Gasteiger partial charge in [-0.15, -0.1) is 10.2 Å². The molecule has 0 saturated heterocycles. The topological polar surface area (TPSA) is 70.7 Å². The molecular formula is C16H12Cl2N4O. The lowest BCUT2D eigenvalue weighted by Crippen LogP contribution is -2.18. The quantitative estimate of drug-likeness (QED) is 0.753. The predicted molar refractivity (Wildman–Crippen MR) is 91.6 cm³/mol. The molecule has 2 aromatic carbocycles. The van der Waals surface area contributed by atoms with E-state index in [-0.39, 0.29) is 11.5 Å². The first-order valence-electron chi connectivity index (χ1n) is 6.84. The molecule has 0 saturated carbocycles. The van der Waals surface area contributed by atoms with Crippen LogP contribution in [0, 0.1) is 0 Å². The summed E-state index contributed by atoms with van der Waals surface area (Å²) in [5.74, 6) is 0.219. The summed E-state index contributed by atoms with van der Waals surface area (Å²) < 4.78 is 0. The molecule has 0 aliphatic heterocycles. The number of aromatic nitrogens is 3. The Morgan fingerprint density at radius 2 is 1.83 bits per heavy atom. The molecule has 7 heteroatoms. The maximum absolute atomic E-state index is 12.1. The normalized spacial score (nSPS) is 10.5. The molecule has 0 unspecified atom stereocenters. The van der Waals surface area contributed by atoms with E-state index in [0.29, 0.717) is 27.8 Å². The van der Waals surface area contributed by atoms with E-state index in [1.165, 1.54) is 0 Å². The zero-order valence-corrected chi connectivity index (χ0v) is 13.4. The lowest BCUT2D eigenvalue weighted by atomic mass is 10.1. The van der Waals surface area contributed by atoms with Gasteiger partial charge in [-0.05, 0) is 23.8 Å². The molecule has 3 rings (SSSR count). The lowest BCUT2D eigenvalue weighted by Gasteiger charge is -2.07. The van der Waals surface area contributed by atoms with Crippen molar-refractivity contribution in [3.05, 3.63) is 80.2 Å². The lowest BCUT2D eigenvalue weighted by molar-refractivity contribution is 0.874. The molecular weight excluding hydrogens is 335 g/mol. The van der Waals surface area contributed by atoms with Gasteiger partial charge in [0, 0.05) is 11.4 Å². The SMILES string of the molecule is O=c1[nH]c(Nc2ccc(Cl)cc2Cl)nnc1Cc1ccccc1. The molecule has 3 aromatic rings. The number of hydrogen-bond donors (Lipinski definition) is 2. The molecule has 0 amide bonds. The van der Waals surface area contributed by atoms with E-state index in [1.807, 2.05) is 30.3 Å². The van der Waals surface area contributed by atoms with Gasteiger partial charge >= 0.3 is 0 Å². The minimum absolute atomic E-state index is 0.219. The first kappa shape index (κ1) is 15.5. The Morgan fingerprint density at radius 1 is 1.04 bits per heavy atom. The zero-order valence-electron chi connectivity index (χ0n) is 11.9. The number of hydrogen-bond acceptors (Lipinski definition) is 4. The highest BCUT2D eigenvalue weighted by Gasteiger charge is 2.08. The summed E-state index contributed by atoms with van der Waals surface area (Å²) in [5, 5.41) is 11.8. The van der Waals surface area contributed by atoms with E-state index >= 15 is 0 Å². The summed E-state index contributed by atoms with van der Waals surface area (Å²) in [6, 6.07) is 14.6. The average Bonchev–Trinajstić information content (AvgIpc) is 2.54. The maximum atomic E-state index is 12.1. The van der Waals surface area contributed by atoms with Crippen LogP contribution >= 0.6 is 23.2 Å². The fraction of sp³-hybridized carbons (Fsp3) is 0.0625. The van der Waals surface area contributed by atoms with Crippen LogP contribution in [0.5, 0.6) is 0 Å². The fourth-order valence-corrected chi connectivity index (χ4v) is 2.50. The average molecular weight is 347 g/mol. The first-order chi connectivity index (χ1) is 11.1. The number of aromatic amines is 1. The van der Waals surface area contributed by atoms with Crippen molar-refractivity contribution in [1.82, 2.24) is 15.2 Å². The highest BCUT2D eigenvalue weighted by molar-refractivity contribution is 6.36. The number of benzene rings is 2. The first-order valence-corrected chi connectivity index (χ1v) is 7.59. The summed E-state index contributed by atoms with van der Waals surface area (Å²) in [5.41, 5.74) is 1.63. The number of anilines is 2. The van der Waals surface area contributed by atoms with Crippen molar-refractivity contribution >= 4 is 34.8 Å².